The van der Waals surface area contributed by atoms with Crippen LogP contribution < -0.4 is 5.73 Å². The monoisotopic (exact) mass is 193 g/mol. The summed E-state index contributed by atoms with van der Waals surface area (Å²) in [5, 5.41) is 0. The van der Waals surface area contributed by atoms with Crippen molar-refractivity contribution in [2.24, 2.45) is 0 Å². The lowest BCUT2D eigenvalue weighted by Crippen LogP contribution is -1.99. The number of ketones is 1. The first-order valence-corrected chi connectivity index (χ1v) is 4.33. The fraction of sp³-hybridized carbons (Fsp3) is 0.182. The van der Waals surface area contributed by atoms with E-state index in [4.69, 9.17) is 5.73 Å². The zero-order valence-corrected chi connectivity index (χ0v) is 8.01. The van der Waals surface area contributed by atoms with Gasteiger partial charge in [-0.3, -0.25) is 4.79 Å². The highest BCUT2D eigenvalue weighted by molar-refractivity contribution is 5.97. The summed E-state index contributed by atoms with van der Waals surface area (Å²) in [4.78, 5) is 11.3. The van der Waals surface area contributed by atoms with Crippen LogP contribution in [-0.2, 0) is 0 Å². The van der Waals surface area contributed by atoms with Gasteiger partial charge >= 0.3 is 0 Å². The molecule has 1 rings (SSSR count). The van der Waals surface area contributed by atoms with Crippen LogP contribution in [0, 0.1) is 0 Å². The summed E-state index contributed by atoms with van der Waals surface area (Å²) in [5.74, 6) is -0.652. The zero-order valence-electron chi connectivity index (χ0n) is 8.01. The molecule has 3 heteroatoms. The minimum absolute atomic E-state index is 0.0347. The van der Waals surface area contributed by atoms with Gasteiger partial charge in [-0.2, -0.15) is 0 Å². The number of nitrogen functional groups attached to an aromatic ring is 1. The zero-order chi connectivity index (χ0) is 10.7. The Morgan fingerprint density at radius 1 is 1.57 bits per heavy atom. The van der Waals surface area contributed by atoms with E-state index < -0.39 is 5.83 Å². The van der Waals surface area contributed by atoms with Gasteiger partial charge in [0.05, 0.1) is 0 Å². The SMILES string of the molecule is C=C(F)c1cc(C(=O)CC)ccc1N. The number of hydrogen-bond donors (Lipinski definition) is 1. The van der Waals surface area contributed by atoms with E-state index in [9.17, 15) is 9.18 Å². The van der Waals surface area contributed by atoms with Gasteiger partial charge in [-0.05, 0) is 18.2 Å². The lowest BCUT2D eigenvalue weighted by atomic mass is 10.0. The lowest BCUT2D eigenvalue weighted by molar-refractivity contribution is 0.0988. The average Bonchev–Trinajstić information content (AvgIpc) is 2.17. The fourth-order valence-electron chi connectivity index (χ4n) is 1.17. The molecule has 0 saturated heterocycles. The van der Waals surface area contributed by atoms with Crippen molar-refractivity contribution < 1.29 is 9.18 Å². The smallest absolute Gasteiger partial charge is 0.162 e. The van der Waals surface area contributed by atoms with Crippen LogP contribution in [0.25, 0.3) is 5.83 Å². The Labute approximate surface area is 82.2 Å². The number of carbonyl (C=O) groups excluding carboxylic acids is 1. The summed E-state index contributed by atoms with van der Waals surface area (Å²) < 4.78 is 12.9. The molecule has 0 aliphatic carbocycles. The van der Waals surface area contributed by atoms with Crippen LogP contribution >= 0.6 is 0 Å². The maximum atomic E-state index is 12.9. The van der Waals surface area contributed by atoms with Gasteiger partial charge < -0.3 is 5.73 Å². The van der Waals surface area contributed by atoms with Crippen molar-refractivity contribution in [3.05, 3.63) is 35.9 Å². The van der Waals surface area contributed by atoms with Gasteiger partial charge in [-0.15, -0.1) is 0 Å². The molecule has 0 saturated carbocycles. The van der Waals surface area contributed by atoms with Crippen LogP contribution in [0.4, 0.5) is 10.1 Å². The van der Waals surface area contributed by atoms with Gasteiger partial charge in [0.25, 0.3) is 0 Å². The van der Waals surface area contributed by atoms with Gasteiger partial charge in [0, 0.05) is 23.2 Å². The maximum Gasteiger partial charge on any atom is 0.162 e. The van der Waals surface area contributed by atoms with Gasteiger partial charge in [-0.25, -0.2) is 4.39 Å². The molecule has 2 N–H and O–H groups in total. The highest BCUT2D eigenvalue weighted by Crippen LogP contribution is 2.22. The summed E-state index contributed by atoms with van der Waals surface area (Å²) >= 11 is 0. The second-order valence-corrected chi connectivity index (χ2v) is 2.98. The molecule has 0 unspecified atom stereocenters. The molecular weight excluding hydrogens is 181 g/mol. The third kappa shape index (κ3) is 1.99. The predicted molar refractivity (Wildman–Crippen MR) is 55.6 cm³/mol. The highest BCUT2D eigenvalue weighted by Gasteiger charge is 2.08. The topological polar surface area (TPSA) is 43.1 Å². The molecule has 0 radical (unpaired) electrons. The number of carbonyl (C=O) groups is 1. The number of Topliss-reactive ketones (excluding diaryl/α,β-unsaturated/α-hetero) is 1. The Kier molecular flexibility index (Phi) is 3.02. The summed E-state index contributed by atoms with van der Waals surface area (Å²) in [7, 11) is 0. The van der Waals surface area contributed by atoms with Crippen molar-refractivity contribution in [3.63, 3.8) is 0 Å². The van der Waals surface area contributed by atoms with E-state index in [1.54, 1.807) is 13.0 Å². The number of halogens is 1. The molecule has 0 atom stereocenters. The Morgan fingerprint density at radius 3 is 2.71 bits per heavy atom. The summed E-state index contributed by atoms with van der Waals surface area (Å²) in [6.45, 7) is 4.91. The number of rotatable bonds is 3. The molecule has 0 heterocycles. The number of nitrogens with two attached hydrogens (primary N) is 1. The normalized spacial score (nSPS) is 9.86. The van der Waals surface area contributed by atoms with Crippen LogP contribution in [0.15, 0.2) is 24.8 Å². The van der Waals surface area contributed by atoms with Crippen LogP contribution in [0.3, 0.4) is 0 Å². The molecule has 0 bridgehead atoms. The molecule has 1 aromatic rings. The van der Waals surface area contributed by atoms with Crippen LogP contribution in [0.2, 0.25) is 0 Å². The molecule has 74 valence electrons. The third-order valence-corrected chi connectivity index (χ3v) is 1.99. The average molecular weight is 193 g/mol. The van der Waals surface area contributed by atoms with Crippen LogP contribution in [0.1, 0.15) is 29.3 Å². The first-order chi connectivity index (χ1) is 6.56. The van der Waals surface area contributed by atoms with E-state index in [0.717, 1.165) is 0 Å². The molecule has 0 fully saturated rings. The number of anilines is 1. The van der Waals surface area contributed by atoms with Crippen molar-refractivity contribution in [1.82, 2.24) is 0 Å². The Balaban J connectivity index is 3.19. The maximum absolute atomic E-state index is 12.9. The van der Waals surface area contributed by atoms with Crippen LogP contribution in [0.5, 0.6) is 0 Å². The first-order valence-electron chi connectivity index (χ1n) is 4.33. The fourth-order valence-corrected chi connectivity index (χ4v) is 1.17. The highest BCUT2D eigenvalue weighted by atomic mass is 19.1. The summed E-state index contributed by atoms with van der Waals surface area (Å²) in [5.41, 5.74) is 6.48. The van der Waals surface area contributed by atoms with E-state index >= 15 is 0 Å². The quantitative estimate of drug-likeness (QED) is 0.592. The predicted octanol–water partition coefficient (Wildman–Crippen LogP) is 2.80. The van der Waals surface area contributed by atoms with Gasteiger partial charge in [0.15, 0.2) is 5.78 Å². The molecule has 2 nitrogen and oxygen atoms in total. The minimum Gasteiger partial charge on any atom is -0.398 e. The first kappa shape index (κ1) is 10.4. The molecular formula is C11H12FNO. The van der Waals surface area contributed by atoms with Crippen molar-refractivity contribution in [3.8, 4) is 0 Å². The number of benzene rings is 1. The van der Waals surface area contributed by atoms with E-state index in [2.05, 4.69) is 6.58 Å². The molecule has 1 aromatic carbocycles. The van der Waals surface area contributed by atoms with Crippen molar-refractivity contribution in [2.45, 2.75) is 13.3 Å². The Hall–Kier alpha value is -1.64. The largest absolute Gasteiger partial charge is 0.398 e. The van der Waals surface area contributed by atoms with E-state index in [-0.39, 0.29) is 11.3 Å². The molecule has 0 amide bonds. The molecule has 0 aromatic heterocycles. The summed E-state index contributed by atoms with van der Waals surface area (Å²) in [6, 6.07) is 4.54. The van der Waals surface area contributed by atoms with Crippen LogP contribution in [-0.4, -0.2) is 5.78 Å². The standard InChI is InChI=1S/C11H12FNO/c1-3-11(14)8-4-5-10(13)9(6-8)7(2)12/h4-6H,2-3,13H2,1H3. The second kappa shape index (κ2) is 4.05. The van der Waals surface area contributed by atoms with E-state index in [0.29, 0.717) is 17.7 Å². The van der Waals surface area contributed by atoms with Crippen molar-refractivity contribution in [1.29, 1.82) is 0 Å². The Bertz CT molecular complexity index is 385. The minimum atomic E-state index is -0.617. The second-order valence-electron chi connectivity index (χ2n) is 2.98. The number of hydrogen-bond acceptors (Lipinski definition) is 2. The Morgan fingerprint density at radius 2 is 2.21 bits per heavy atom. The summed E-state index contributed by atoms with van der Waals surface area (Å²) in [6.07, 6.45) is 0.391. The third-order valence-electron chi connectivity index (χ3n) is 1.99. The molecule has 0 spiro atoms. The van der Waals surface area contributed by atoms with Crippen molar-refractivity contribution >= 4 is 17.3 Å². The molecule has 14 heavy (non-hydrogen) atoms. The van der Waals surface area contributed by atoms with Gasteiger partial charge in [0.1, 0.15) is 5.83 Å². The van der Waals surface area contributed by atoms with E-state index in [1.165, 1.54) is 12.1 Å². The van der Waals surface area contributed by atoms with Gasteiger partial charge in [0.2, 0.25) is 0 Å². The molecule has 0 aliphatic rings. The molecule has 0 aliphatic heterocycles. The van der Waals surface area contributed by atoms with Crippen molar-refractivity contribution in [2.75, 3.05) is 5.73 Å². The lowest BCUT2D eigenvalue weighted by Gasteiger charge is -2.04. The van der Waals surface area contributed by atoms with E-state index in [1.807, 2.05) is 0 Å². The van der Waals surface area contributed by atoms with Gasteiger partial charge in [-0.1, -0.05) is 13.5 Å².